The molecule has 1 aromatic heterocycles. The van der Waals surface area contributed by atoms with Gasteiger partial charge in [0.05, 0.1) is 6.54 Å². The van der Waals surface area contributed by atoms with Gasteiger partial charge in [0.25, 0.3) is 0 Å². The fourth-order valence-electron chi connectivity index (χ4n) is 3.40. The Morgan fingerprint density at radius 1 is 1.13 bits per heavy atom. The van der Waals surface area contributed by atoms with E-state index in [9.17, 15) is 4.79 Å². The number of ether oxygens (including phenoxy) is 1. The topological polar surface area (TPSA) is 42.4 Å². The molecule has 2 aromatic rings. The molecule has 1 saturated carbocycles. The Labute approximate surface area is 136 Å². The highest BCUT2D eigenvalue weighted by Crippen LogP contribution is 2.48. The zero-order valence-electron chi connectivity index (χ0n) is 13.0. The lowest BCUT2D eigenvalue weighted by Crippen LogP contribution is -2.32. The van der Waals surface area contributed by atoms with Crippen LogP contribution in [0.4, 0.5) is 0 Å². The molecule has 1 saturated heterocycles. The van der Waals surface area contributed by atoms with Gasteiger partial charge in [-0.1, -0.05) is 30.3 Å². The largest absolute Gasteiger partial charge is 0.488 e. The van der Waals surface area contributed by atoms with Crippen molar-refractivity contribution in [2.75, 3.05) is 13.1 Å². The van der Waals surface area contributed by atoms with E-state index in [4.69, 9.17) is 4.74 Å². The maximum Gasteiger partial charge on any atom is 0.226 e. The average Bonchev–Trinajstić information content (AvgIpc) is 3.28. The molecule has 2 aliphatic rings. The lowest BCUT2D eigenvalue weighted by molar-refractivity contribution is -0.131. The van der Waals surface area contributed by atoms with Gasteiger partial charge in [-0.2, -0.15) is 0 Å². The predicted octanol–water partition coefficient (Wildman–Crippen LogP) is 2.87. The van der Waals surface area contributed by atoms with Gasteiger partial charge >= 0.3 is 0 Å². The molecule has 3 atom stereocenters. The Morgan fingerprint density at radius 3 is 2.70 bits per heavy atom. The summed E-state index contributed by atoms with van der Waals surface area (Å²) in [6.45, 7) is 1.49. The van der Waals surface area contributed by atoms with Crippen LogP contribution in [0.3, 0.4) is 0 Å². The Hall–Kier alpha value is -2.36. The van der Waals surface area contributed by atoms with E-state index in [0.29, 0.717) is 18.4 Å². The second-order valence-corrected chi connectivity index (χ2v) is 6.36. The Bertz CT molecular complexity index is 674. The molecule has 0 radical (unpaired) electrons. The lowest BCUT2D eigenvalue weighted by atomic mass is 10.1. The molecule has 1 aliphatic heterocycles. The van der Waals surface area contributed by atoms with Crippen LogP contribution in [0, 0.1) is 5.92 Å². The number of benzene rings is 1. The van der Waals surface area contributed by atoms with Crippen LogP contribution in [-0.2, 0) is 4.79 Å². The summed E-state index contributed by atoms with van der Waals surface area (Å²) in [6.07, 6.45) is 5.42. The van der Waals surface area contributed by atoms with Crippen molar-refractivity contribution in [2.45, 2.75) is 24.9 Å². The maximum atomic E-state index is 12.6. The highest BCUT2D eigenvalue weighted by molar-refractivity contribution is 5.83. The summed E-state index contributed by atoms with van der Waals surface area (Å²) < 4.78 is 5.93. The summed E-state index contributed by atoms with van der Waals surface area (Å²) in [7, 11) is 0. The number of aromatic nitrogens is 1. The smallest absolute Gasteiger partial charge is 0.226 e. The minimum atomic E-state index is 0.0928. The number of likely N-dealkylation sites (tertiary alicyclic amines) is 1. The van der Waals surface area contributed by atoms with Gasteiger partial charge in [-0.05, 0) is 30.0 Å². The number of carbonyl (C=O) groups is 1. The van der Waals surface area contributed by atoms with Crippen LogP contribution in [0.15, 0.2) is 54.9 Å². The summed E-state index contributed by atoms with van der Waals surface area (Å²) in [4.78, 5) is 18.6. The van der Waals surface area contributed by atoms with Gasteiger partial charge in [0.1, 0.15) is 11.9 Å². The first-order valence-electron chi connectivity index (χ1n) is 8.21. The molecule has 0 bridgehead atoms. The van der Waals surface area contributed by atoms with Gasteiger partial charge in [0, 0.05) is 31.3 Å². The van der Waals surface area contributed by atoms with Crippen LogP contribution >= 0.6 is 0 Å². The van der Waals surface area contributed by atoms with Crippen molar-refractivity contribution < 1.29 is 9.53 Å². The zero-order chi connectivity index (χ0) is 15.6. The minimum absolute atomic E-state index is 0.0928. The fraction of sp³-hybridized carbons (Fsp3) is 0.368. The molecule has 1 aromatic carbocycles. The first kappa shape index (κ1) is 14.2. The third-order valence-corrected chi connectivity index (χ3v) is 4.74. The number of hydrogen-bond acceptors (Lipinski definition) is 3. The Balaban J connectivity index is 1.33. The Kier molecular flexibility index (Phi) is 3.74. The average molecular weight is 308 g/mol. The van der Waals surface area contributed by atoms with Crippen LogP contribution in [0.5, 0.6) is 5.75 Å². The van der Waals surface area contributed by atoms with Crippen molar-refractivity contribution >= 4 is 5.91 Å². The van der Waals surface area contributed by atoms with Crippen LogP contribution in [-0.4, -0.2) is 35.0 Å². The van der Waals surface area contributed by atoms with Crippen molar-refractivity contribution in [3.05, 3.63) is 60.4 Å². The number of carbonyl (C=O) groups excluding carboxylic acids is 1. The summed E-state index contributed by atoms with van der Waals surface area (Å²) in [5, 5.41) is 0. The zero-order valence-corrected chi connectivity index (χ0v) is 13.0. The molecule has 4 nitrogen and oxygen atoms in total. The van der Waals surface area contributed by atoms with Crippen LogP contribution in [0.25, 0.3) is 0 Å². The van der Waals surface area contributed by atoms with E-state index in [2.05, 4.69) is 17.1 Å². The molecule has 2 heterocycles. The molecule has 3 unspecified atom stereocenters. The van der Waals surface area contributed by atoms with E-state index in [1.807, 2.05) is 35.2 Å². The third-order valence-electron chi connectivity index (χ3n) is 4.74. The summed E-state index contributed by atoms with van der Waals surface area (Å²) in [5.74, 6) is 1.69. The summed E-state index contributed by atoms with van der Waals surface area (Å²) in [6, 6.07) is 14.1. The van der Waals surface area contributed by atoms with Crippen molar-refractivity contribution in [1.29, 1.82) is 0 Å². The minimum Gasteiger partial charge on any atom is -0.488 e. The SMILES string of the molecule is O=C(C1CC1c1ccccc1)N1CCC(Oc2ccncc2)C1. The van der Waals surface area contributed by atoms with E-state index in [1.54, 1.807) is 12.4 Å². The highest BCUT2D eigenvalue weighted by atomic mass is 16.5. The monoisotopic (exact) mass is 308 g/mol. The Morgan fingerprint density at radius 2 is 1.91 bits per heavy atom. The normalized spacial score (nSPS) is 26.1. The van der Waals surface area contributed by atoms with Gasteiger partial charge in [-0.15, -0.1) is 0 Å². The van der Waals surface area contributed by atoms with Crippen LogP contribution in [0.1, 0.15) is 24.3 Å². The number of hydrogen-bond donors (Lipinski definition) is 0. The predicted molar refractivity (Wildman–Crippen MR) is 87.1 cm³/mol. The van der Waals surface area contributed by atoms with Gasteiger partial charge < -0.3 is 9.64 Å². The van der Waals surface area contributed by atoms with Crippen molar-refractivity contribution in [1.82, 2.24) is 9.88 Å². The van der Waals surface area contributed by atoms with E-state index >= 15 is 0 Å². The molecular formula is C19H20N2O2. The van der Waals surface area contributed by atoms with Crippen molar-refractivity contribution in [2.24, 2.45) is 5.92 Å². The first-order chi connectivity index (χ1) is 11.3. The molecular weight excluding hydrogens is 288 g/mol. The number of nitrogens with zero attached hydrogens (tertiary/aromatic N) is 2. The number of amides is 1. The number of rotatable bonds is 4. The van der Waals surface area contributed by atoms with Gasteiger partial charge in [-0.3, -0.25) is 9.78 Å². The number of pyridine rings is 1. The molecule has 1 aliphatic carbocycles. The van der Waals surface area contributed by atoms with Crippen LogP contribution in [0.2, 0.25) is 0 Å². The van der Waals surface area contributed by atoms with Gasteiger partial charge in [0.15, 0.2) is 0 Å². The van der Waals surface area contributed by atoms with E-state index in [-0.39, 0.29) is 12.0 Å². The molecule has 1 amide bonds. The van der Waals surface area contributed by atoms with Crippen molar-refractivity contribution in [3.8, 4) is 5.75 Å². The van der Waals surface area contributed by atoms with E-state index in [1.165, 1.54) is 5.56 Å². The van der Waals surface area contributed by atoms with E-state index < -0.39 is 0 Å². The quantitative estimate of drug-likeness (QED) is 0.872. The molecule has 2 fully saturated rings. The fourth-order valence-corrected chi connectivity index (χ4v) is 3.40. The molecule has 23 heavy (non-hydrogen) atoms. The molecule has 4 heteroatoms. The third kappa shape index (κ3) is 3.07. The first-order valence-corrected chi connectivity index (χ1v) is 8.21. The van der Waals surface area contributed by atoms with E-state index in [0.717, 1.165) is 25.1 Å². The van der Waals surface area contributed by atoms with Gasteiger partial charge in [-0.25, -0.2) is 0 Å². The maximum absolute atomic E-state index is 12.6. The molecule has 0 spiro atoms. The standard InChI is InChI=1S/C19H20N2O2/c22-19(18-12-17(18)14-4-2-1-3-5-14)21-11-8-16(13-21)23-15-6-9-20-10-7-15/h1-7,9-10,16-18H,8,11-13H2. The van der Waals surface area contributed by atoms with Crippen LogP contribution < -0.4 is 4.74 Å². The summed E-state index contributed by atoms with van der Waals surface area (Å²) in [5.41, 5.74) is 1.29. The van der Waals surface area contributed by atoms with Gasteiger partial charge in [0.2, 0.25) is 5.91 Å². The second kappa shape index (κ2) is 6.03. The lowest BCUT2D eigenvalue weighted by Gasteiger charge is -2.17. The molecule has 0 N–H and O–H groups in total. The molecule has 4 rings (SSSR count). The molecule has 118 valence electrons. The highest BCUT2D eigenvalue weighted by Gasteiger charge is 2.46. The van der Waals surface area contributed by atoms with Crippen molar-refractivity contribution in [3.63, 3.8) is 0 Å². The second-order valence-electron chi connectivity index (χ2n) is 6.36. The summed E-state index contributed by atoms with van der Waals surface area (Å²) >= 11 is 0.